The Balaban J connectivity index is 1.91. The van der Waals surface area contributed by atoms with E-state index in [4.69, 9.17) is 4.74 Å². The molecular weight excluding hydrogens is 236 g/mol. The molecule has 1 fully saturated rings. The van der Waals surface area contributed by atoms with E-state index in [-0.39, 0.29) is 0 Å². The van der Waals surface area contributed by atoms with E-state index in [0.717, 1.165) is 11.6 Å². The minimum absolute atomic E-state index is 0.510. The highest BCUT2D eigenvalue weighted by molar-refractivity contribution is 5.32. The number of hydrogen-bond acceptors (Lipinski definition) is 2. The van der Waals surface area contributed by atoms with Crippen LogP contribution in [0.1, 0.15) is 48.9 Å². The van der Waals surface area contributed by atoms with Crippen molar-refractivity contribution in [1.82, 2.24) is 9.97 Å². The van der Waals surface area contributed by atoms with Crippen molar-refractivity contribution in [2.75, 3.05) is 7.11 Å². The molecule has 1 aromatic carbocycles. The van der Waals surface area contributed by atoms with E-state index in [2.05, 4.69) is 28.2 Å². The highest BCUT2D eigenvalue weighted by atomic mass is 16.5. The lowest BCUT2D eigenvalue weighted by Gasteiger charge is -2.30. The maximum atomic E-state index is 5.35. The molecule has 1 N–H and O–H groups in total. The first-order valence-electron chi connectivity index (χ1n) is 7.01. The van der Waals surface area contributed by atoms with Gasteiger partial charge >= 0.3 is 0 Å². The van der Waals surface area contributed by atoms with E-state index in [1.165, 1.54) is 31.2 Å². The van der Waals surface area contributed by atoms with Gasteiger partial charge in [0.25, 0.3) is 0 Å². The maximum Gasteiger partial charge on any atom is 0.119 e. The summed E-state index contributed by atoms with van der Waals surface area (Å²) in [6.45, 7) is 0. The first-order valence-corrected chi connectivity index (χ1v) is 7.01. The number of benzene rings is 1. The lowest BCUT2D eigenvalue weighted by atomic mass is 9.75. The Bertz CT molecular complexity index is 521. The van der Waals surface area contributed by atoms with Crippen LogP contribution in [0.15, 0.2) is 36.7 Å². The Morgan fingerprint density at radius 1 is 1.21 bits per heavy atom. The zero-order valence-electron chi connectivity index (χ0n) is 11.3. The summed E-state index contributed by atoms with van der Waals surface area (Å²) in [6, 6.07) is 8.48. The van der Waals surface area contributed by atoms with E-state index in [9.17, 15) is 0 Å². The fourth-order valence-corrected chi connectivity index (χ4v) is 3.21. The Labute approximate surface area is 114 Å². The van der Waals surface area contributed by atoms with Crippen LogP contribution in [0.4, 0.5) is 0 Å². The zero-order chi connectivity index (χ0) is 13.1. The number of ether oxygens (including phenoxy) is 1. The number of methoxy groups -OCH3 is 1. The monoisotopic (exact) mass is 256 g/mol. The van der Waals surface area contributed by atoms with E-state index >= 15 is 0 Å². The van der Waals surface area contributed by atoms with Crippen LogP contribution >= 0.6 is 0 Å². The van der Waals surface area contributed by atoms with Gasteiger partial charge in [0.05, 0.1) is 7.11 Å². The molecule has 0 spiro atoms. The minimum atomic E-state index is 0.510. The van der Waals surface area contributed by atoms with Crippen molar-refractivity contribution < 1.29 is 4.74 Å². The van der Waals surface area contributed by atoms with Crippen LogP contribution in [0.3, 0.4) is 0 Å². The number of imidazole rings is 1. The normalized spacial score (nSPS) is 23.2. The molecule has 1 saturated carbocycles. The first kappa shape index (κ1) is 12.3. The van der Waals surface area contributed by atoms with Gasteiger partial charge in [-0.2, -0.15) is 0 Å². The van der Waals surface area contributed by atoms with Crippen molar-refractivity contribution >= 4 is 0 Å². The summed E-state index contributed by atoms with van der Waals surface area (Å²) in [5.74, 6) is 3.14. The van der Waals surface area contributed by atoms with Crippen LogP contribution in [-0.4, -0.2) is 17.1 Å². The number of H-pyrrole nitrogens is 1. The summed E-state index contributed by atoms with van der Waals surface area (Å²) >= 11 is 0. The molecule has 0 bridgehead atoms. The topological polar surface area (TPSA) is 37.9 Å². The third-order valence-corrected chi connectivity index (χ3v) is 4.16. The van der Waals surface area contributed by atoms with Crippen LogP contribution in [-0.2, 0) is 0 Å². The maximum absolute atomic E-state index is 5.35. The van der Waals surface area contributed by atoms with E-state index in [0.29, 0.717) is 11.8 Å². The van der Waals surface area contributed by atoms with E-state index in [1.54, 1.807) is 7.11 Å². The van der Waals surface area contributed by atoms with Crippen LogP contribution in [0.5, 0.6) is 5.75 Å². The third-order valence-electron chi connectivity index (χ3n) is 4.16. The SMILES string of the molecule is COc1cccc(C2CCCCC2c2ncc[nH]2)c1. The molecule has 1 aliphatic carbocycles. The van der Waals surface area contributed by atoms with Crippen molar-refractivity contribution in [3.63, 3.8) is 0 Å². The van der Waals surface area contributed by atoms with Gasteiger partial charge in [0, 0.05) is 18.3 Å². The Hall–Kier alpha value is -1.77. The van der Waals surface area contributed by atoms with Crippen molar-refractivity contribution in [1.29, 1.82) is 0 Å². The van der Waals surface area contributed by atoms with Gasteiger partial charge in [-0.15, -0.1) is 0 Å². The van der Waals surface area contributed by atoms with Gasteiger partial charge < -0.3 is 9.72 Å². The lowest BCUT2D eigenvalue weighted by molar-refractivity contribution is 0.372. The van der Waals surface area contributed by atoms with Crippen LogP contribution < -0.4 is 4.74 Å². The van der Waals surface area contributed by atoms with Gasteiger partial charge in [-0.05, 0) is 36.5 Å². The lowest BCUT2D eigenvalue weighted by Crippen LogP contribution is -2.17. The Morgan fingerprint density at radius 2 is 2.05 bits per heavy atom. The van der Waals surface area contributed by atoms with E-state index in [1.807, 2.05) is 18.5 Å². The zero-order valence-corrected chi connectivity index (χ0v) is 11.3. The Kier molecular flexibility index (Phi) is 3.53. The summed E-state index contributed by atoms with van der Waals surface area (Å²) in [5, 5.41) is 0. The molecule has 19 heavy (non-hydrogen) atoms. The second kappa shape index (κ2) is 5.47. The number of hydrogen-bond donors (Lipinski definition) is 1. The van der Waals surface area contributed by atoms with Gasteiger partial charge in [-0.25, -0.2) is 4.98 Å². The standard InChI is InChI=1S/C16H20N2O/c1-19-13-6-4-5-12(11-13)14-7-2-3-8-15(14)16-17-9-10-18-16/h4-6,9-11,14-15H,2-3,7-8H2,1H3,(H,17,18). The van der Waals surface area contributed by atoms with Gasteiger partial charge in [-0.3, -0.25) is 0 Å². The van der Waals surface area contributed by atoms with Gasteiger partial charge in [0.15, 0.2) is 0 Å². The summed E-state index contributed by atoms with van der Waals surface area (Å²) in [4.78, 5) is 7.76. The minimum Gasteiger partial charge on any atom is -0.497 e. The Morgan fingerprint density at radius 3 is 2.79 bits per heavy atom. The molecule has 100 valence electrons. The molecular formula is C16H20N2O. The highest BCUT2D eigenvalue weighted by Gasteiger charge is 2.29. The molecule has 2 unspecified atom stereocenters. The first-order chi connectivity index (χ1) is 9.38. The van der Waals surface area contributed by atoms with E-state index < -0.39 is 0 Å². The number of nitrogens with zero attached hydrogens (tertiary/aromatic N) is 1. The molecule has 0 aliphatic heterocycles. The summed E-state index contributed by atoms with van der Waals surface area (Å²) in [5.41, 5.74) is 1.38. The molecule has 3 heteroatoms. The van der Waals surface area contributed by atoms with Crippen molar-refractivity contribution in [2.24, 2.45) is 0 Å². The molecule has 0 saturated heterocycles. The largest absolute Gasteiger partial charge is 0.497 e. The third kappa shape index (κ3) is 2.50. The average molecular weight is 256 g/mol. The molecule has 0 radical (unpaired) electrons. The van der Waals surface area contributed by atoms with Crippen molar-refractivity contribution in [3.8, 4) is 5.75 Å². The summed E-state index contributed by atoms with van der Waals surface area (Å²) in [7, 11) is 1.73. The second-order valence-corrected chi connectivity index (χ2v) is 5.25. The van der Waals surface area contributed by atoms with Crippen molar-refractivity contribution in [2.45, 2.75) is 37.5 Å². The molecule has 1 aromatic heterocycles. The molecule has 0 amide bonds. The van der Waals surface area contributed by atoms with Crippen LogP contribution in [0, 0.1) is 0 Å². The molecule has 2 aromatic rings. The quantitative estimate of drug-likeness (QED) is 0.905. The summed E-state index contributed by atoms with van der Waals surface area (Å²) in [6.07, 6.45) is 8.83. The van der Waals surface area contributed by atoms with Gasteiger partial charge in [0.2, 0.25) is 0 Å². The molecule has 3 nitrogen and oxygen atoms in total. The smallest absolute Gasteiger partial charge is 0.119 e. The predicted octanol–water partition coefficient (Wildman–Crippen LogP) is 3.86. The fourth-order valence-electron chi connectivity index (χ4n) is 3.21. The molecule has 3 rings (SSSR count). The highest BCUT2D eigenvalue weighted by Crippen LogP contribution is 2.43. The molecule has 1 aliphatic rings. The average Bonchev–Trinajstić information content (AvgIpc) is 3.01. The summed E-state index contributed by atoms with van der Waals surface area (Å²) < 4.78 is 5.35. The van der Waals surface area contributed by atoms with Crippen LogP contribution in [0.25, 0.3) is 0 Å². The fraction of sp³-hybridized carbons (Fsp3) is 0.438. The van der Waals surface area contributed by atoms with Crippen molar-refractivity contribution in [3.05, 3.63) is 48.0 Å². The van der Waals surface area contributed by atoms with Gasteiger partial charge in [0.1, 0.15) is 11.6 Å². The predicted molar refractivity (Wildman–Crippen MR) is 75.5 cm³/mol. The number of aromatic nitrogens is 2. The van der Waals surface area contributed by atoms with Crippen LogP contribution in [0.2, 0.25) is 0 Å². The number of rotatable bonds is 3. The second-order valence-electron chi connectivity index (χ2n) is 5.25. The molecule has 2 atom stereocenters. The number of nitrogens with one attached hydrogen (secondary N) is 1. The van der Waals surface area contributed by atoms with Gasteiger partial charge in [-0.1, -0.05) is 25.0 Å². The molecule has 1 heterocycles. The number of aromatic amines is 1.